The summed E-state index contributed by atoms with van der Waals surface area (Å²) in [6, 6.07) is 69.8. The Hall–Kier alpha value is -8.41. The number of hydrogen-bond donors (Lipinski definition) is 0. The van der Waals surface area contributed by atoms with Gasteiger partial charge in [0.2, 0.25) is 0 Å². The summed E-state index contributed by atoms with van der Waals surface area (Å²) in [7, 11) is 0. The van der Waals surface area contributed by atoms with E-state index in [0.717, 1.165) is 82.8 Å². The summed E-state index contributed by atoms with van der Waals surface area (Å²) in [5.74, 6) is 1.82. The molecule has 0 fully saturated rings. The Morgan fingerprint density at radius 2 is 0.629 bits per heavy atom. The van der Waals surface area contributed by atoms with E-state index in [4.69, 9.17) is 23.8 Å². The molecule has 10 aromatic carbocycles. The van der Waals surface area contributed by atoms with Crippen LogP contribution in [0.3, 0.4) is 0 Å². The van der Waals surface area contributed by atoms with E-state index in [0.29, 0.717) is 17.5 Å². The van der Waals surface area contributed by atoms with Crippen molar-refractivity contribution in [1.82, 2.24) is 15.0 Å². The zero-order chi connectivity index (χ0) is 40.7. The van der Waals surface area contributed by atoms with Crippen molar-refractivity contribution in [1.29, 1.82) is 0 Å². The number of fused-ring (bicyclic) bond motifs is 12. The molecular formula is C57H33N3O2. The number of benzene rings is 10. The van der Waals surface area contributed by atoms with Crippen LogP contribution < -0.4 is 0 Å². The first kappa shape index (κ1) is 34.5. The number of aromatic nitrogens is 3. The van der Waals surface area contributed by atoms with Gasteiger partial charge in [-0.2, -0.15) is 0 Å². The van der Waals surface area contributed by atoms with E-state index in [-0.39, 0.29) is 0 Å². The number of rotatable bonds is 5. The second-order valence-electron chi connectivity index (χ2n) is 15.9. The van der Waals surface area contributed by atoms with E-state index < -0.39 is 0 Å². The maximum Gasteiger partial charge on any atom is 0.164 e. The molecule has 62 heavy (non-hydrogen) atoms. The average molecular weight is 792 g/mol. The lowest BCUT2D eigenvalue weighted by Gasteiger charge is -2.12. The Labute approximate surface area is 355 Å². The van der Waals surface area contributed by atoms with Gasteiger partial charge in [-0.1, -0.05) is 158 Å². The van der Waals surface area contributed by atoms with Crippen molar-refractivity contribution in [2.24, 2.45) is 0 Å². The predicted molar refractivity (Wildman–Crippen MR) is 254 cm³/mol. The molecule has 5 heteroatoms. The molecule has 0 aliphatic heterocycles. The van der Waals surface area contributed by atoms with Gasteiger partial charge >= 0.3 is 0 Å². The van der Waals surface area contributed by atoms with Gasteiger partial charge in [0.1, 0.15) is 22.3 Å². The van der Waals surface area contributed by atoms with Crippen LogP contribution in [0.5, 0.6) is 0 Å². The van der Waals surface area contributed by atoms with Gasteiger partial charge in [-0.25, -0.2) is 15.0 Å². The SMILES string of the molecule is c1ccc(-c2nc(-c3ccccc3)nc(-c3ccc4c(c3)oc3cccc(-c5cccc6oc7cc(-c8ccc9c%10ccccc%10c%10ccccc%10c9c8)ccc7c56)c34)n2)cc1. The maximum atomic E-state index is 6.68. The molecule has 13 aromatic rings. The minimum Gasteiger partial charge on any atom is -0.456 e. The summed E-state index contributed by atoms with van der Waals surface area (Å²) in [6.45, 7) is 0. The quantitative estimate of drug-likeness (QED) is 0.162. The molecule has 0 saturated heterocycles. The summed E-state index contributed by atoms with van der Waals surface area (Å²) in [5, 5.41) is 11.8. The van der Waals surface area contributed by atoms with E-state index in [1.807, 2.05) is 72.8 Å². The lowest BCUT2D eigenvalue weighted by Crippen LogP contribution is -2.00. The third-order valence-corrected chi connectivity index (χ3v) is 12.3. The van der Waals surface area contributed by atoms with Crippen molar-refractivity contribution in [3.63, 3.8) is 0 Å². The number of nitrogens with zero attached hydrogens (tertiary/aromatic N) is 3. The van der Waals surface area contributed by atoms with Crippen LogP contribution >= 0.6 is 0 Å². The smallest absolute Gasteiger partial charge is 0.164 e. The second-order valence-corrected chi connectivity index (χ2v) is 15.9. The molecule has 13 rings (SSSR count). The summed E-state index contributed by atoms with van der Waals surface area (Å²) in [6.07, 6.45) is 0. The van der Waals surface area contributed by atoms with Gasteiger partial charge in [0.15, 0.2) is 17.5 Å². The Balaban J connectivity index is 0.929. The van der Waals surface area contributed by atoms with Gasteiger partial charge in [-0.05, 0) is 97.0 Å². The molecule has 0 saturated carbocycles. The van der Waals surface area contributed by atoms with Crippen LogP contribution in [0.1, 0.15) is 0 Å². The summed E-state index contributed by atoms with van der Waals surface area (Å²) in [5.41, 5.74) is 10.4. The van der Waals surface area contributed by atoms with Gasteiger partial charge in [-0.15, -0.1) is 0 Å². The van der Waals surface area contributed by atoms with Gasteiger partial charge in [0.05, 0.1) is 0 Å². The molecule has 3 aromatic heterocycles. The molecule has 3 heterocycles. The van der Waals surface area contributed by atoms with Crippen molar-refractivity contribution >= 4 is 76.2 Å². The molecule has 0 amide bonds. The highest BCUT2D eigenvalue weighted by molar-refractivity contribution is 6.26. The van der Waals surface area contributed by atoms with Gasteiger partial charge < -0.3 is 8.83 Å². The monoisotopic (exact) mass is 791 g/mol. The Bertz CT molecular complexity index is 3830. The Morgan fingerprint density at radius 3 is 1.15 bits per heavy atom. The highest BCUT2D eigenvalue weighted by Gasteiger charge is 2.20. The molecule has 288 valence electrons. The largest absolute Gasteiger partial charge is 0.456 e. The lowest BCUT2D eigenvalue weighted by molar-refractivity contribution is 0.668. The summed E-state index contributed by atoms with van der Waals surface area (Å²) < 4.78 is 13.3. The maximum absolute atomic E-state index is 6.68. The van der Waals surface area contributed by atoms with Crippen LogP contribution in [0, 0.1) is 0 Å². The molecule has 0 aliphatic carbocycles. The number of hydrogen-bond acceptors (Lipinski definition) is 5. The third kappa shape index (κ3) is 5.38. The predicted octanol–water partition coefficient (Wildman–Crippen LogP) is 15.5. The fourth-order valence-electron chi connectivity index (χ4n) is 9.44. The molecule has 0 bridgehead atoms. The van der Waals surface area contributed by atoms with E-state index in [1.54, 1.807) is 0 Å². The van der Waals surface area contributed by atoms with Crippen molar-refractivity contribution in [3.05, 3.63) is 200 Å². The van der Waals surface area contributed by atoms with Crippen LogP contribution in [0.4, 0.5) is 0 Å². The van der Waals surface area contributed by atoms with Crippen molar-refractivity contribution in [3.8, 4) is 56.4 Å². The fourth-order valence-corrected chi connectivity index (χ4v) is 9.44. The molecule has 0 atom stereocenters. The Kier molecular flexibility index (Phi) is 7.54. The normalized spacial score (nSPS) is 11.9. The van der Waals surface area contributed by atoms with Gasteiger partial charge in [-0.3, -0.25) is 0 Å². The first-order valence-corrected chi connectivity index (χ1v) is 20.8. The molecule has 5 nitrogen and oxygen atoms in total. The van der Waals surface area contributed by atoms with Crippen LogP contribution in [0.15, 0.2) is 209 Å². The Morgan fingerprint density at radius 1 is 0.242 bits per heavy atom. The molecule has 0 aliphatic rings. The highest BCUT2D eigenvalue weighted by atomic mass is 16.3. The van der Waals surface area contributed by atoms with Crippen molar-refractivity contribution in [2.45, 2.75) is 0 Å². The first-order valence-electron chi connectivity index (χ1n) is 20.8. The van der Waals surface area contributed by atoms with Crippen molar-refractivity contribution in [2.75, 3.05) is 0 Å². The lowest BCUT2D eigenvalue weighted by atomic mass is 9.91. The molecular weight excluding hydrogens is 759 g/mol. The molecule has 0 spiro atoms. The first-order chi connectivity index (χ1) is 30.7. The molecule has 0 radical (unpaired) electrons. The molecule has 0 N–H and O–H groups in total. The van der Waals surface area contributed by atoms with E-state index in [9.17, 15) is 0 Å². The summed E-state index contributed by atoms with van der Waals surface area (Å²) >= 11 is 0. The van der Waals surface area contributed by atoms with Crippen LogP contribution in [-0.4, -0.2) is 15.0 Å². The average Bonchev–Trinajstić information content (AvgIpc) is 3.92. The zero-order valence-electron chi connectivity index (χ0n) is 33.2. The summed E-state index contributed by atoms with van der Waals surface area (Å²) in [4.78, 5) is 14.8. The van der Waals surface area contributed by atoms with Crippen LogP contribution in [0.25, 0.3) is 133 Å². The zero-order valence-corrected chi connectivity index (χ0v) is 33.2. The van der Waals surface area contributed by atoms with E-state index in [1.165, 1.54) is 32.3 Å². The topological polar surface area (TPSA) is 65.0 Å². The van der Waals surface area contributed by atoms with E-state index >= 15 is 0 Å². The van der Waals surface area contributed by atoms with Crippen molar-refractivity contribution < 1.29 is 8.83 Å². The second kappa shape index (κ2) is 13.6. The third-order valence-electron chi connectivity index (χ3n) is 12.3. The van der Waals surface area contributed by atoms with Gasteiger partial charge in [0.25, 0.3) is 0 Å². The van der Waals surface area contributed by atoms with Crippen LogP contribution in [0.2, 0.25) is 0 Å². The highest BCUT2D eigenvalue weighted by Crippen LogP contribution is 2.44. The fraction of sp³-hybridized carbons (Fsp3) is 0. The minimum absolute atomic E-state index is 0.583. The van der Waals surface area contributed by atoms with Gasteiger partial charge in [0, 0.05) is 38.2 Å². The number of furan rings is 2. The standard InChI is InChI=1S/C57H33N3O2/c1-3-13-34(14-4-1)55-58-56(35-15-5-2-6-16-35)60-57(59-55)38-27-30-47-52(33-38)62-50-24-12-22-45(54(47)50)44-21-11-23-49-53(44)46-29-26-37(32-51(46)61-49)36-25-28-43-41-19-8-7-17-39(41)40-18-9-10-20-42(40)48(43)31-36/h1-33H. The van der Waals surface area contributed by atoms with E-state index in [2.05, 4.69) is 127 Å². The minimum atomic E-state index is 0.583. The molecule has 0 unspecified atom stereocenters. The van der Waals surface area contributed by atoms with Crippen LogP contribution in [-0.2, 0) is 0 Å².